The molecule has 0 aromatic heterocycles. The van der Waals surface area contributed by atoms with E-state index in [4.69, 9.17) is 0 Å². The van der Waals surface area contributed by atoms with Crippen LogP contribution in [0.25, 0.3) is 0 Å². The maximum absolute atomic E-state index is 3.47. The first-order valence-corrected chi connectivity index (χ1v) is 6.07. The van der Waals surface area contributed by atoms with Crippen LogP contribution in [0.2, 0.25) is 0 Å². The molecule has 2 heteroatoms. The van der Waals surface area contributed by atoms with Crippen molar-refractivity contribution in [3.05, 3.63) is 0 Å². The minimum absolute atomic E-state index is 0.621. The molecule has 0 aliphatic heterocycles. The standard InChI is InChI=1S/C12H28N2/c1-11(2)7-5-8-13-9-6-10-14-12(3)4/h11-14H,5-10H2,1-4H3. The van der Waals surface area contributed by atoms with Crippen molar-refractivity contribution in [3.63, 3.8) is 0 Å². The van der Waals surface area contributed by atoms with Gasteiger partial charge in [0, 0.05) is 6.04 Å². The van der Waals surface area contributed by atoms with E-state index >= 15 is 0 Å². The van der Waals surface area contributed by atoms with Crippen LogP contribution in [0.1, 0.15) is 47.0 Å². The average Bonchev–Trinajstić information content (AvgIpc) is 2.08. The van der Waals surface area contributed by atoms with E-state index in [1.165, 1.54) is 25.8 Å². The van der Waals surface area contributed by atoms with E-state index < -0.39 is 0 Å². The largest absolute Gasteiger partial charge is 0.317 e. The zero-order valence-corrected chi connectivity index (χ0v) is 10.4. The SMILES string of the molecule is CC(C)CCCNCCCNC(C)C. The molecule has 0 rings (SSSR count). The van der Waals surface area contributed by atoms with Crippen molar-refractivity contribution < 1.29 is 0 Å². The van der Waals surface area contributed by atoms with Crippen LogP contribution in [-0.2, 0) is 0 Å². The summed E-state index contributed by atoms with van der Waals surface area (Å²) in [5, 5.41) is 6.89. The minimum atomic E-state index is 0.621. The Labute approximate surface area is 89.9 Å². The Bertz CT molecular complexity index is 96.9. The van der Waals surface area contributed by atoms with Gasteiger partial charge in [0.05, 0.1) is 0 Å². The van der Waals surface area contributed by atoms with Crippen molar-refractivity contribution in [3.8, 4) is 0 Å². The molecule has 0 atom stereocenters. The molecular weight excluding hydrogens is 172 g/mol. The van der Waals surface area contributed by atoms with Crippen LogP contribution in [0, 0.1) is 5.92 Å². The van der Waals surface area contributed by atoms with Gasteiger partial charge < -0.3 is 10.6 Å². The van der Waals surface area contributed by atoms with E-state index in [1.807, 2.05) is 0 Å². The lowest BCUT2D eigenvalue weighted by molar-refractivity contribution is 0.510. The van der Waals surface area contributed by atoms with Crippen molar-refractivity contribution in [2.45, 2.75) is 53.0 Å². The maximum Gasteiger partial charge on any atom is 0.00103 e. The fourth-order valence-corrected chi connectivity index (χ4v) is 1.36. The predicted molar refractivity (Wildman–Crippen MR) is 64.7 cm³/mol. The third-order valence-corrected chi connectivity index (χ3v) is 2.22. The van der Waals surface area contributed by atoms with Gasteiger partial charge in [0.15, 0.2) is 0 Å². The first kappa shape index (κ1) is 13.9. The van der Waals surface area contributed by atoms with Gasteiger partial charge in [-0.1, -0.05) is 27.7 Å². The molecule has 0 aromatic carbocycles. The van der Waals surface area contributed by atoms with Crippen LogP contribution in [0.15, 0.2) is 0 Å². The summed E-state index contributed by atoms with van der Waals surface area (Å²) in [6, 6.07) is 0.621. The predicted octanol–water partition coefficient (Wildman–Crippen LogP) is 2.40. The molecule has 86 valence electrons. The quantitative estimate of drug-likeness (QED) is 0.559. The van der Waals surface area contributed by atoms with Crippen LogP contribution in [0.3, 0.4) is 0 Å². The second kappa shape index (κ2) is 9.47. The third-order valence-electron chi connectivity index (χ3n) is 2.22. The van der Waals surface area contributed by atoms with Gasteiger partial charge in [-0.15, -0.1) is 0 Å². The monoisotopic (exact) mass is 200 g/mol. The summed E-state index contributed by atoms with van der Waals surface area (Å²) in [5.74, 6) is 0.847. The molecule has 14 heavy (non-hydrogen) atoms. The van der Waals surface area contributed by atoms with E-state index in [2.05, 4.69) is 38.3 Å². The van der Waals surface area contributed by atoms with Crippen molar-refractivity contribution in [1.82, 2.24) is 10.6 Å². The average molecular weight is 200 g/mol. The highest BCUT2D eigenvalue weighted by molar-refractivity contribution is 4.55. The van der Waals surface area contributed by atoms with Crippen molar-refractivity contribution in [2.75, 3.05) is 19.6 Å². The highest BCUT2D eigenvalue weighted by atomic mass is 14.9. The molecular formula is C12H28N2. The van der Waals surface area contributed by atoms with Crippen LogP contribution in [0.4, 0.5) is 0 Å². The first-order valence-electron chi connectivity index (χ1n) is 6.07. The van der Waals surface area contributed by atoms with Crippen molar-refractivity contribution >= 4 is 0 Å². The molecule has 0 amide bonds. The Morgan fingerprint density at radius 1 is 0.857 bits per heavy atom. The molecule has 2 nitrogen and oxygen atoms in total. The van der Waals surface area contributed by atoms with E-state index in [0.29, 0.717) is 6.04 Å². The Balaban J connectivity index is 2.92. The highest BCUT2D eigenvalue weighted by Crippen LogP contribution is 2.01. The number of nitrogens with one attached hydrogen (secondary N) is 2. The fourth-order valence-electron chi connectivity index (χ4n) is 1.36. The smallest absolute Gasteiger partial charge is 0.00103 e. The summed E-state index contributed by atoms with van der Waals surface area (Å²) < 4.78 is 0. The molecule has 0 heterocycles. The van der Waals surface area contributed by atoms with Gasteiger partial charge in [-0.3, -0.25) is 0 Å². The molecule has 0 aliphatic rings. The summed E-state index contributed by atoms with van der Waals surface area (Å²) in [5.41, 5.74) is 0. The maximum atomic E-state index is 3.47. The number of rotatable bonds is 9. The van der Waals surface area contributed by atoms with Crippen molar-refractivity contribution in [2.24, 2.45) is 5.92 Å². The normalized spacial score (nSPS) is 11.6. The topological polar surface area (TPSA) is 24.1 Å². The molecule has 0 saturated heterocycles. The zero-order valence-electron chi connectivity index (χ0n) is 10.4. The van der Waals surface area contributed by atoms with Gasteiger partial charge in [0.2, 0.25) is 0 Å². The lowest BCUT2D eigenvalue weighted by Crippen LogP contribution is -2.27. The van der Waals surface area contributed by atoms with Crippen LogP contribution < -0.4 is 10.6 Å². The molecule has 0 saturated carbocycles. The van der Waals surface area contributed by atoms with Gasteiger partial charge in [0.25, 0.3) is 0 Å². The molecule has 0 radical (unpaired) electrons. The second-order valence-corrected chi connectivity index (χ2v) is 4.75. The highest BCUT2D eigenvalue weighted by Gasteiger charge is 1.94. The Hall–Kier alpha value is -0.0800. The summed E-state index contributed by atoms with van der Waals surface area (Å²) >= 11 is 0. The van der Waals surface area contributed by atoms with E-state index in [0.717, 1.165) is 19.0 Å². The summed E-state index contributed by atoms with van der Waals surface area (Å²) in [6.07, 6.45) is 3.90. The Kier molecular flexibility index (Phi) is 9.42. The van der Waals surface area contributed by atoms with Gasteiger partial charge >= 0.3 is 0 Å². The van der Waals surface area contributed by atoms with Gasteiger partial charge in [-0.25, -0.2) is 0 Å². The molecule has 0 aromatic rings. The van der Waals surface area contributed by atoms with E-state index in [1.54, 1.807) is 0 Å². The summed E-state index contributed by atoms with van der Waals surface area (Å²) in [4.78, 5) is 0. The molecule has 0 unspecified atom stereocenters. The lowest BCUT2D eigenvalue weighted by atomic mass is 10.1. The third kappa shape index (κ3) is 11.9. The lowest BCUT2D eigenvalue weighted by Gasteiger charge is -2.09. The Morgan fingerprint density at radius 3 is 2.07 bits per heavy atom. The fraction of sp³-hybridized carbons (Fsp3) is 1.00. The number of hydrogen-bond acceptors (Lipinski definition) is 2. The van der Waals surface area contributed by atoms with Gasteiger partial charge in [-0.05, 0) is 44.8 Å². The molecule has 0 aliphatic carbocycles. The van der Waals surface area contributed by atoms with E-state index in [9.17, 15) is 0 Å². The van der Waals surface area contributed by atoms with Gasteiger partial charge in [-0.2, -0.15) is 0 Å². The molecule has 2 N–H and O–H groups in total. The molecule has 0 bridgehead atoms. The van der Waals surface area contributed by atoms with Crippen LogP contribution in [0.5, 0.6) is 0 Å². The van der Waals surface area contributed by atoms with E-state index in [-0.39, 0.29) is 0 Å². The first-order chi connectivity index (χ1) is 6.63. The van der Waals surface area contributed by atoms with Gasteiger partial charge in [0.1, 0.15) is 0 Å². The van der Waals surface area contributed by atoms with Crippen LogP contribution >= 0.6 is 0 Å². The van der Waals surface area contributed by atoms with Crippen molar-refractivity contribution in [1.29, 1.82) is 0 Å². The molecule has 0 fully saturated rings. The Morgan fingerprint density at radius 2 is 1.50 bits per heavy atom. The molecule has 0 spiro atoms. The zero-order chi connectivity index (χ0) is 10.8. The summed E-state index contributed by atoms with van der Waals surface area (Å²) in [7, 11) is 0. The second-order valence-electron chi connectivity index (χ2n) is 4.75. The van der Waals surface area contributed by atoms with Crippen LogP contribution in [-0.4, -0.2) is 25.7 Å². The summed E-state index contributed by atoms with van der Waals surface area (Å²) in [6.45, 7) is 12.4. The minimum Gasteiger partial charge on any atom is -0.317 e. The number of hydrogen-bond donors (Lipinski definition) is 2.